The first-order valence-corrected chi connectivity index (χ1v) is 6.53. The largest absolute Gasteiger partial charge is 0.488 e. The number of rotatable bonds is 6. The van der Waals surface area contributed by atoms with E-state index in [9.17, 15) is 9.18 Å². The minimum atomic E-state index is -1.03. The lowest BCUT2D eigenvalue weighted by molar-refractivity contribution is -0.149. The molecule has 0 aliphatic heterocycles. The molecule has 4 nitrogen and oxygen atoms in total. The topological polar surface area (TPSA) is 47.6 Å². The van der Waals surface area contributed by atoms with Gasteiger partial charge in [-0.25, -0.2) is 9.18 Å². The Kier molecular flexibility index (Phi) is 5.51. The summed E-state index contributed by atoms with van der Waals surface area (Å²) in [5, 5.41) is 3.09. The van der Waals surface area contributed by atoms with Crippen LogP contribution in [-0.2, 0) is 9.53 Å². The molecule has 0 saturated heterocycles. The Balaban J connectivity index is 2.86. The van der Waals surface area contributed by atoms with Crippen molar-refractivity contribution in [3.63, 3.8) is 0 Å². The van der Waals surface area contributed by atoms with Crippen molar-refractivity contribution in [2.75, 3.05) is 13.7 Å². The van der Waals surface area contributed by atoms with Crippen LogP contribution in [0.15, 0.2) is 18.2 Å². The summed E-state index contributed by atoms with van der Waals surface area (Å²) in [6.07, 6.45) is 0. The van der Waals surface area contributed by atoms with Crippen LogP contribution in [0.2, 0.25) is 0 Å². The van der Waals surface area contributed by atoms with Gasteiger partial charge in [0, 0.05) is 6.04 Å². The lowest BCUT2D eigenvalue weighted by Gasteiger charge is -2.30. The van der Waals surface area contributed by atoms with Crippen molar-refractivity contribution in [3.05, 3.63) is 29.6 Å². The molecule has 1 atom stereocenters. The van der Waals surface area contributed by atoms with E-state index in [1.165, 1.54) is 13.2 Å². The van der Waals surface area contributed by atoms with Crippen molar-refractivity contribution in [1.29, 1.82) is 0 Å². The summed E-state index contributed by atoms with van der Waals surface area (Å²) in [4.78, 5) is 11.9. The van der Waals surface area contributed by atoms with Gasteiger partial charge in [0.25, 0.3) is 0 Å². The fourth-order valence-electron chi connectivity index (χ4n) is 1.97. The molecule has 1 aromatic carbocycles. The van der Waals surface area contributed by atoms with Crippen LogP contribution in [-0.4, -0.2) is 31.3 Å². The van der Waals surface area contributed by atoms with Gasteiger partial charge in [0.15, 0.2) is 11.6 Å². The van der Waals surface area contributed by atoms with Crippen LogP contribution >= 0.6 is 0 Å². The molecule has 1 N–H and O–H groups in total. The molecule has 5 heteroatoms. The number of aryl methyl sites for hydroxylation is 1. The van der Waals surface area contributed by atoms with Crippen LogP contribution in [0.4, 0.5) is 4.39 Å². The third-order valence-corrected chi connectivity index (χ3v) is 2.85. The molecule has 0 bridgehead atoms. The monoisotopic (exact) mass is 283 g/mol. The molecule has 0 aliphatic carbocycles. The van der Waals surface area contributed by atoms with Gasteiger partial charge in [-0.1, -0.05) is 6.07 Å². The van der Waals surface area contributed by atoms with E-state index in [0.29, 0.717) is 0 Å². The second-order valence-corrected chi connectivity index (χ2v) is 5.35. The van der Waals surface area contributed by atoms with E-state index in [1.54, 1.807) is 19.1 Å². The van der Waals surface area contributed by atoms with Gasteiger partial charge < -0.3 is 9.47 Å². The summed E-state index contributed by atoms with van der Waals surface area (Å²) in [5.74, 6) is -0.766. The van der Waals surface area contributed by atoms with E-state index in [-0.39, 0.29) is 18.4 Å². The number of hydrogen-bond donors (Lipinski definition) is 1. The first kappa shape index (κ1) is 16.4. The highest BCUT2D eigenvalue weighted by molar-refractivity contribution is 5.80. The van der Waals surface area contributed by atoms with Gasteiger partial charge in [0.1, 0.15) is 12.1 Å². The third-order valence-electron chi connectivity index (χ3n) is 2.85. The molecule has 1 aromatic rings. The molecule has 0 heterocycles. The molecule has 0 aromatic heterocycles. The van der Waals surface area contributed by atoms with E-state index in [1.807, 2.05) is 20.8 Å². The number of ether oxygens (including phenoxy) is 2. The molecular formula is C15H22FNO3. The number of esters is 1. The number of nitrogens with one attached hydrogen (secondary N) is 1. The predicted octanol–water partition coefficient (Wildman–Crippen LogP) is 2.44. The highest BCUT2D eigenvalue weighted by atomic mass is 19.1. The average molecular weight is 283 g/mol. The van der Waals surface area contributed by atoms with Crippen molar-refractivity contribution in [1.82, 2.24) is 5.32 Å². The quantitative estimate of drug-likeness (QED) is 0.815. The minimum Gasteiger partial charge on any atom is -0.488 e. The van der Waals surface area contributed by atoms with E-state index < -0.39 is 17.3 Å². The summed E-state index contributed by atoms with van der Waals surface area (Å²) in [5.41, 5.74) is -0.142. The number of carbonyl (C=O) groups excluding carboxylic acids is 1. The number of hydrogen-bond acceptors (Lipinski definition) is 4. The Labute approximate surface area is 119 Å². The first-order chi connectivity index (χ1) is 9.28. The lowest BCUT2D eigenvalue weighted by atomic mass is 10.0. The van der Waals surface area contributed by atoms with E-state index in [2.05, 4.69) is 5.32 Å². The van der Waals surface area contributed by atoms with E-state index in [0.717, 1.165) is 5.56 Å². The fourth-order valence-corrected chi connectivity index (χ4v) is 1.97. The zero-order chi connectivity index (χ0) is 15.3. The molecule has 20 heavy (non-hydrogen) atoms. The zero-order valence-electron chi connectivity index (χ0n) is 12.6. The van der Waals surface area contributed by atoms with Gasteiger partial charge in [-0.2, -0.15) is 0 Å². The van der Waals surface area contributed by atoms with Gasteiger partial charge in [0.05, 0.1) is 7.11 Å². The Hall–Kier alpha value is -1.62. The second-order valence-electron chi connectivity index (χ2n) is 5.35. The van der Waals surface area contributed by atoms with Gasteiger partial charge in [-0.3, -0.25) is 5.32 Å². The summed E-state index contributed by atoms with van der Waals surface area (Å²) in [6, 6.07) is 4.66. The van der Waals surface area contributed by atoms with Gasteiger partial charge in [-0.05, 0) is 45.4 Å². The molecule has 0 saturated carbocycles. The summed E-state index contributed by atoms with van der Waals surface area (Å²) in [7, 11) is 1.32. The third kappa shape index (κ3) is 4.20. The molecule has 0 radical (unpaired) electrons. The summed E-state index contributed by atoms with van der Waals surface area (Å²) in [6.45, 7) is 7.33. The highest BCUT2D eigenvalue weighted by Gasteiger charge is 2.36. The van der Waals surface area contributed by atoms with Crippen molar-refractivity contribution < 1.29 is 18.7 Å². The number of halogens is 1. The van der Waals surface area contributed by atoms with Crippen molar-refractivity contribution >= 4 is 5.97 Å². The number of carbonyl (C=O) groups is 1. The van der Waals surface area contributed by atoms with Crippen LogP contribution in [0.3, 0.4) is 0 Å². The molecule has 0 fully saturated rings. The number of benzene rings is 1. The Morgan fingerprint density at radius 1 is 1.45 bits per heavy atom. The SMILES string of the molecule is COC(=O)C(C)(COc1cc(C)ccc1F)NC(C)C. The lowest BCUT2D eigenvalue weighted by Crippen LogP contribution is -2.56. The van der Waals surface area contributed by atoms with Crippen molar-refractivity contribution in [2.24, 2.45) is 0 Å². The van der Waals surface area contributed by atoms with E-state index in [4.69, 9.17) is 9.47 Å². The molecule has 0 aliphatic rings. The zero-order valence-corrected chi connectivity index (χ0v) is 12.6. The average Bonchev–Trinajstić information content (AvgIpc) is 2.38. The maximum Gasteiger partial charge on any atom is 0.329 e. The van der Waals surface area contributed by atoms with Gasteiger partial charge in [-0.15, -0.1) is 0 Å². The molecule has 0 amide bonds. The Morgan fingerprint density at radius 2 is 2.10 bits per heavy atom. The molecule has 112 valence electrons. The summed E-state index contributed by atoms with van der Waals surface area (Å²) < 4.78 is 23.9. The van der Waals surface area contributed by atoms with Crippen LogP contribution in [0.25, 0.3) is 0 Å². The number of methoxy groups -OCH3 is 1. The normalized spacial score (nSPS) is 13.9. The van der Waals surface area contributed by atoms with Crippen molar-refractivity contribution in [2.45, 2.75) is 39.3 Å². The maximum absolute atomic E-state index is 13.6. The summed E-state index contributed by atoms with van der Waals surface area (Å²) >= 11 is 0. The molecule has 1 unspecified atom stereocenters. The predicted molar refractivity (Wildman–Crippen MR) is 75.3 cm³/mol. The fraction of sp³-hybridized carbons (Fsp3) is 0.533. The van der Waals surface area contributed by atoms with Crippen LogP contribution in [0.1, 0.15) is 26.3 Å². The molecule has 0 spiro atoms. The van der Waals surface area contributed by atoms with Crippen LogP contribution in [0.5, 0.6) is 5.75 Å². The van der Waals surface area contributed by atoms with Crippen LogP contribution in [0, 0.1) is 12.7 Å². The first-order valence-electron chi connectivity index (χ1n) is 6.53. The minimum absolute atomic E-state index is 0.0156. The second kappa shape index (κ2) is 6.70. The standard InChI is InChI=1S/C15H22FNO3/c1-10(2)17-15(4,14(18)19-5)9-20-13-8-11(3)6-7-12(13)16/h6-8,10,17H,9H2,1-5H3. The van der Waals surface area contributed by atoms with Gasteiger partial charge >= 0.3 is 5.97 Å². The Morgan fingerprint density at radius 3 is 2.65 bits per heavy atom. The van der Waals surface area contributed by atoms with E-state index >= 15 is 0 Å². The smallest absolute Gasteiger partial charge is 0.329 e. The molecular weight excluding hydrogens is 261 g/mol. The van der Waals surface area contributed by atoms with Gasteiger partial charge in [0.2, 0.25) is 0 Å². The highest BCUT2D eigenvalue weighted by Crippen LogP contribution is 2.20. The maximum atomic E-state index is 13.6. The van der Waals surface area contributed by atoms with Crippen LogP contribution < -0.4 is 10.1 Å². The van der Waals surface area contributed by atoms with Crippen molar-refractivity contribution in [3.8, 4) is 5.75 Å². The molecule has 1 rings (SSSR count). The Bertz CT molecular complexity index is 476.